The second kappa shape index (κ2) is 8.06. The molecule has 0 spiro atoms. The van der Waals surface area contributed by atoms with Gasteiger partial charge in [-0.05, 0) is 23.1 Å². The predicted octanol–water partition coefficient (Wildman–Crippen LogP) is 3.36. The van der Waals surface area contributed by atoms with E-state index in [1.165, 1.54) is 11.6 Å². The summed E-state index contributed by atoms with van der Waals surface area (Å²) in [7, 11) is -1.99. The van der Waals surface area contributed by atoms with Crippen molar-refractivity contribution in [2.24, 2.45) is 0 Å². The van der Waals surface area contributed by atoms with Gasteiger partial charge >= 0.3 is 0 Å². The molecule has 0 bridgehead atoms. The Labute approximate surface area is 160 Å². The first-order valence-corrected chi connectivity index (χ1v) is 10.5. The molecule has 1 N–H and O–H groups in total. The van der Waals surface area contributed by atoms with Crippen LogP contribution >= 0.6 is 0 Å². The van der Waals surface area contributed by atoms with Crippen LogP contribution in [0.1, 0.15) is 42.5 Å². The van der Waals surface area contributed by atoms with E-state index in [0.29, 0.717) is 11.5 Å². The number of halogens is 1. The Morgan fingerprint density at radius 2 is 1.85 bits per heavy atom. The Bertz CT molecular complexity index is 884. The van der Waals surface area contributed by atoms with Crippen molar-refractivity contribution >= 4 is 10.0 Å². The number of rotatable bonds is 6. The average Bonchev–Trinajstić information content (AvgIpc) is 3.03. The predicted molar refractivity (Wildman–Crippen MR) is 103 cm³/mol. The lowest BCUT2D eigenvalue weighted by Gasteiger charge is -2.23. The zero-order valence-corrected chi connectivity index (χ0v) is 16.5. The SMILES string of the molecule is CC(C)c1ccc([C@H]2[C@@H](S(=O)(=O)NCc3ccccc3F)CON2C)cc1. The molecule has 5 nitrogen and oxygen atoms in total. The molecule has 146 valence electrons. The molecule has 2 aromatic rings. The van der Waals surface area contributed by atoms with Gasteiger partial charge in [-0.25, -0.2) is 17.5 Å². The van der Waals surface area contributed by atoms with Crippen LogP contribution in [0, 0.1) is 5.82 Å². The lowest BCUT2D eigenvalue weighted by Crippen LogP contribution is -2.39. The van der Waals surface area contributed by atoms with Gasteiger partial charge in [-0.3, -0.25) is 4.84 Å². The normalized spacial score (nSPS) is 21.1. The minimum atomic E-state index is -3.71. The molecule has 1 fully saturated rings. The first kappa shape index (κ1) is 19.9. The van der Waals surface area contributed by atoms with Crippen LogP contribution in [0.3, 0.4) is 0 Å². The first-order valence-electron chi connectivity index (χ1n) is 8.97. The highest BCUT2D eigenvalue weighted by atomic mass is 32.2. The molecule has 27 heavy (non-hydrogen) atoms. The van der Waals surface area contributed by atoms with Crippen molar-refractivity contribution in [3.05, 3.63) is 71.0 Å². The number of sulfonamides is 1. The summed E-state index contributed by atoms with van der Waals surface area (Å²) in [6.07, 6.45) is 0. The molecule has 0 unspecified atom stereocenters. The summed E-state index contributed by atoms with van der Waals surface area (Å²) in [6.45, 7) is 4.19. The van der Waals surface area contributed by atoms with Crippen LogP contribution in [-0.4, -0.2) is 32.4 Å². The zero-order chi connectivity index (χ0) is 19.6. The van der Waals surface area contributed by atoms with Crippen molar-refractivity contribution in [2.45, 2.75) is 37.6 Å². The molecule has 0 amide bonds. The minimum Gasteiger partial charge on any atom is -0.297 e. The van der Waals surface area contributed by atoms with Gasteiger partial charge in [-0.15, -0.1) is 0 Å². The number of hydrogen-bond acceptors (Lipinski definition) is 4. The number of hydrogen-bond donors (Lipinski definition) is 1. The van der Waals surface area contributed by atoms with Crippen LogP contribution in [0.5, 0.6) is 0 Å². The molecule has 0 radical (unpaired) electrons. The van der Waals surface area contributed by atoms with Gasteiger partial charge in [0.05, 0.1) is 12.6 Å². The van der Waals surface area contributed by atoms with E-state index < -0.39 is 27.1 Å². The van der Waals surface area contributed by atoms with E-state index in [1.807, 2.05) is 24.3 Å². The van der Waals surface area contributed by atoms with Crippen molar-refractivity contribution < 1.29 is 17.6 Å². The van der Waals surface area contributed by atoms with E-state index in [9.17, 15) is 12.8 Å². The Kier molecular flexibility index (Phi) is 5.95. The van der Waals surface area contributed by atoms with Crippen molar-refractivity contribution in [2.75, 3.05) is 13.7 Å². The smallest absolute Gasteiger partial charge is 0.219 e. The second-order valence-corrected chi connectivity index (χ2v) is 9.09. The Morgan fingerprint density at radius 1 is 1.19 bits per heavy atom. The average molecular weight is 392 g/mol. The summed E-state index contributed by atoms with van der Waals surface area (Å²) in [6, 6.07) is 13.6. The molecule has 0 aliphatic carbocycles. The van der Waals surface area contributed by atoms with E-state index in [0.717, 1.165) is 5.56 Å². The molecular weight excluding hydrogens is 367 g/mol. The fraction of sp³-hybridized carbons (Fsp3) is 0.400. The fourth-order valence-corrected chi connectivity index (χ4v) is 4.76. The van der Waals surface area contributed by atoms with Crippen molar-refractivity contribution in [3.63, 3.8) is 0 Å². The maximum Gasteiger partial charge on any atom is 0.219 e. The van der Waals surface area contributed by atoms with Crippen LogP contribution in [0.25, 0.3) is 0 Å². The Morgan fingerprint density at radius 3 is 2.48 bits per heavy atom. The summed E-state index contributed by atoms with van der Waals surface area (Å²) in [5, 5.41) is 0.802. The molecule has 1 saturated heterocycles. The van der Waals surface area contributed by atoms with E-state index in [1.54, 1.807) is 30.3 Å². The third kappa shape index (κ3) is 4.38. The van der Waals surface area contributed by atoms with E-state index >= 15 is 0 Å². The van der Waals surface area contributed by atoms with Crippen molar-refractivity contribution in [3.8, 4) is 0 Å². The van der Waals surface area contributed by atoms with Crippen molar-refractivity contribution in [1.29, 1.82) is 0 Å². The molecule has 0 aromatic heterocycles. The van der Waals surface area contributed by atoms with Gasteiger partial charge in [0.15, 0.2) is 0 Å². The molecule has 2 atom stereocenters. The van der Waals surface area contributed by atoms with Gasteiger partial charge in [-0.1, -0.05) is 56.3 Å². The largest absolute Gasteiger partial charge is 0.297 e. The molecule has 0 saturated carbocycles. The standard InChI is InChI=1S/C20H25FN2O3S/c1-14(2)15-8-10-16(11-9-15)20-19(13-26-23(20)3)27(24,25)22-12-17-6-4-5-7-18(17)21/h4-11,14,19-20,22H,12-13H2,1-3H3/t19-,20-/m0/s1. The topological polar surface area (TPSA) is 58.6 Å². The molecule has 1 aliphatic rings. The molecular formula is C20H25FN2O3S. The quantitative estimate of drug-likeness (QED) is 0.819. The zero-order valence-electron chi connectivity index (χ0n) is 15.7. The van der Waals surface area contributed by atoms with Gasteiger partial charge < -0.3 is 0 Å². The second-order valence-electron chi connectivity index (χ2n) is 7.10. The monoisotopic (exact) mass is 392 g/mol. The van der Waals surface area contributed by atoms with Crippen LogP contribution in [0.4, 0.5) is 4.39 Å². The van der Waals surface area contributed by atoms with E-state index in [2.05, 4.69) is 18.6 Å². The lowest BCUT2D eigenvalue weighted by atomic mass is 9.98. The minimum absolute atomic E-state index is 0.0553. The van der Waals surface area contributed by atoms with Gasteiger partial charge in [0.2, 0.25) is 10.0 Å². The summed E-state index contributed by atoms with van der Waals surface area (Å²) >= 11 is 0. The highest BCUT2D eigenvalue weighted by Crippen LogP contribution is 2.34. The highest BCUT2D eigenvalue weighted by Gasteiger charge is 2.43. The molecule has 3 rings (SSSR count). The van der Waals surface area contributed by atoms with Gasteiger partial charge in [0.25, 0.3) is 0 Å². The summed E-state index contributed by atoms with van der Waals surface area (Å²) in [5.41, 5.74) is 2.38. The third-order valence-electron chi connectivity index (χ3n) is 4.95. The summed E-state index contributed by atoms with van der Waals surface area (Å²) < 4.78 is 42.1. The van der Waals surface area contributed by atoms with Crippen LogP contribution in [-0.2, 0) is 21.4 Å². The molecule has 1 aliphatic heterocycles. The fourth-order valence-electron chi connectivity index (χ4n) is 3.29. The van der Waals surface area contributed by atoms with Gasteiger partial charge in [0.1, 0.15) is 11.1 Å². The molecule has 2 aromatic carbocycles. The van der Waals surface area contributed by atoms with Gasteiger partial charge in [-0.2, -0.15) is 5.06 Å². The number of benzene rings is 2. The summed E-state index contributed by atoms with van der Waals surface area (Å²) in [4.78, 5) is 5.51. The Balaban J connectivity index is 1.80. The summed E-state index contributed by atoms with van der Waals surface area (Å²) in [5.74, 6) is -0.0283. The van der Waals surface area contributed by atoms with Crippen LogP contribution in [0.2, 0.25) is 0 Å². The van der Waals surface area contributed by atoms with Gasteiger partial charge in [0, 0.05) is 19.2 Å². The number of nitrogens with zero attached hydrogens (tertiary/aromatic N) is 1. The number of nitrogens with one attached hydrogen (secondary N) is 1. The molecule has 1 heterocycles. The Hall–Kier alpha value is -1.80. The van der Waals surface area contributed by atoms with Crippen molar-refractivity contribution in [1.82, 2.24) is 9.79 Å². The molecule has 7 heteroatoms. The third-order valence-corrected chi connectivity index (χ3v) is 6.69. The van der Waals surface area contributed by atoms with E-state index in [4.69, 9.17) is 4.84 Å². The lowest BCUT2D eigenvalue weighted by molar-refractivity contribution is -0.110. The van der Waals surface area contributed by atoms with E-state index in [-0.39, 0.29) is 13.2 Å². The van der Waals surface area contributed by atoms with Crippen LogP contribution < -0.4 is 4.72 Å². The number of hydroxylamine groups is 2. The maximum absolute atomic E-state index is 13.8. The maximum atomic E-state index is 13.8. The van der Waals surface area contributed by atoms with Crippen LogP contribution in [0.15, 0.2) is 48.5 Å². The highest BCUT2D eigenvalue weighted by molar-refractivity contribution is 7.90. The first-order chi connectivity index (χ1) is 12.8.